The predicted molar refractivity (Wildman–Crippen MR) is 80.1 cm³/mol. The summed E-state index contributed by atoms with van der Waals surface area (Å²) in [5, 5.41) is 0. The number of nitrogen functional groups attached to an aromatic ring is 1. The van der Waals surface area contributed by atoms with E-state index in [1.165, 1.54) is 25.7 Å². The molecule has 0 heterocycles. The maximum Gasteiger partial charge on any atom is 0.227 e. The van der Waals surface area contributed by atoms with Gasteiger partial charge in [0.2, 0.25) is 5.91 Å². The molecule has 1 aromatic carbocycles. The largest absolute Gasteiger partial charge is 0.397 e. The van der Waals surface area contributed by atoms with E-state index in [0.717, 1.165) is 18.0 Å². The average Bonchev–Trinajstić information content (AvgIpc) is 2.92. The van der Waals surface area contributed by atoms with Gasteiger partial charge in [-0.05, 0) is 31.4 Å². The molecule has 0 saturated heterocycles. The summed E-state index contributed by atoms with van der Waals surface area (Å²) in [6, 6.07) is 7.60. The van der Waals surface area contributed by atoms with Crippen molar-refractivity contribution in [3.8, 4) is 0 Å². The van der Waals surface area contributed by atoms with Crippen LogP contribution in [0.15, 0.2) is 24.3 Å². The first-order valence-corrected chi connectivity index (χ1v) is 7.37. The second-order valence-corrected chi connectivity index (χ2v) is 5.39. The molecule has 0 spiro atoms. The van der Waals surface area contributed by atoms with Crippen molar-refractivity contribution in [2.24, 2.45) is 5.92 Å². The number of amides is 1. The van der Waals surface area contributed by atoms with Gasteiger partial charge in [-0.2, -0.15) is 0 Å². The predicted octanol–water partition coefficient (Wildman–Crippen LogP) is 3.59. The minimum Gasteiger partial charge on any atom is -0.397 e. The monoisotopic (exact) mass is 260 g/mol. The summed E-state index contributed by atoms with van der Waals surface area (Å²) in [5.41, 5.74) is 7.49. The Morgan fingerprint density at radius 2 is 2.00 bits per heavy atom. The molecular weight excluding hydrogens is 236 g/mol. The zero-order valence-electron chi connectivity index (χ0n) is 11.8. The quantitative estimate of drug-likeness (QED) is 0.822. The lowest BCUT2D eigenvalue weighted by atomic mass is 10.0. The molecule has 1 aliphatic carbocycles. The highest BCUT2D eigenvalue weighted by Gasteiger charge is 2.20. The van der Waals surface area contributed by atoms with Gasteiger partial charge in [0, 0.05) is 13.0 Å². The first kappa shape index (κ1) is 13.9. The molecule has 0 aliphatic heterocycles. The molecule has 0 bridgehead atoms. The van der Waals surface area contributed by atoms with Crippen LogP contribution in [0.25, 0.3) is 0 Å². The minimum atomic E-state index is 0.201. The van der Waals surface area contributed by atoms with Crippen molar-refractivity contribution in [3.05, 3.63) is 24.3 Å². The standard InChI is InChI=1S/C16H24N2O/c1-2-18(15-10-6-5-9-14(15)17)16(19)12-11-13-7-3-4-8-13/h5-6,9-10,13H,2-4,7-8,11-12,17H2,1H3. The van der Waals surface area contributed by atoms with Crippen molar-refractivity contribution >= 4 is 17.3 Å². The van der Waals surface area contributed by atoms with Gasteiger partial charge in [0.1, 0.15) is 0 Å². The van der Waals surface area contributed by atoms with E-state index in [4.69, 9.17) is 5.73 Å². The maximum absolute atomic E-state index is 12.4. The van der Waals surface area contributed by atoms with E-state index in [1.807, 2.05) is 36.1 Å². The van der Waals surface area contributed by atoms with E-state index in [-0.39, 0.29) is 5.91 Å². The number of rotatable bonds is 5. The van der Waals surface area contributed by atoms with Crippen molar-refractivity contribution in [1.29, 1.82) is 0 Å². The molecule has 2 N–H and O–H groups in total. The molecular formula is C16H24N2O. The molecule has 104 valence electrons. The Morgan fingerprint density at radius 3 is 2.63 bits per heavy atom. The van der Waals surface area contributed by atoms with Crippen LogP contribution in [0.3, 0.4) is 0 Å². The van der Waals surface area contributed by atoms with Gasteiger partial charge in [0.15, 0.2) is 0 Å². The van der Waals surface area contributed by atoms with Crippen molar-refractivity contribution in [1.82, 2.24) is 0 Å². The van der Waals surface area contributed by atoms with Gasteiger partial charge in [-0.1, -0.05) is 37.8 Å². The molecule has 3 nitrogen and oxygen atoms in total. The van der Waals surface area contributed by atoms with Crippen LogP contribution in [0, 0.1) is 5.92 Å². The number of para-hydroxylation sites is 2. The fraction of sp³-hybridized carbons (Fsp3) is 0.562. The lowest BCUT2D eigenvalue weighted by molar-refractivity contribution is -0.118. The van der Waals surface area contributed by atoms with Crippen molar-refractivity contribution in [2.45, 2.75) is 45.4 Å². The third-order valence-electron chi connectivity index (χ3n) is 4.09. The molecule has 1 saturated carbocycles. The Labute approximate surface area is 115 Å². The van der Waals surface area contributed by atoms with E-state index >= 15 is 0 Å². The molecule has 0 unspecified atom stereocenters. The van der Waals surface area contributed by atoms with Crippen molar-refractivity contribution in [2.75, 3.05) is 17.2 Å². The molecule has 3 heteroatoms. The summed E-state index contributed by atoms with van der Waals surface area (Å²) in [7, 11) is 0. The summed E-state index contributed by atoms with van der Waals surface area (Å²) < 4.78 is 0. The number of nitrogens with zero attached hydrogens (tertiary/aromatic N) is 1. The maximum atomic E-state index is 12.4. The van der Waals surface area contributed by atoms with E-state index in [1.54, 1.807) is 0 Å². The summed E-state index contributed by atoms with van der Waals surface area (Å²) in [6.45, 7) is 2.68. The SMILES string of the molecule is CCN(C(=O)CCC1CCCC1)c1ccccc1N. The van der Waals surface area contributed by atoms with E-state index in [0.29, 0.717) is 18.7 Å². The summed E-state index contributed by atoms with van der Waals surface area (Å²) in [5.74, 6) is 0.961. The van der Waals surface area contributed by atoms with Crippen LogP contribution in [-0.4, -0.2) is 12.5 Å². The smallest absolute Gasteiger partial charge is 0.227 e. The molecule has 0 aromatic heterocycles. The van der Waals surface area contributed by atoms with Gasteiger partial charge in [-0.3, -0.25) is 4.79 Å². The number of benzene rings is 1. The molecule has 2 rings (SSSR count). The van der Waals surface area contributed by atoms with Crippen LogP contribution >= 0.6 is 0 Å². The number of hydrogen-bond donors (Lipinski definition) is 1. The van der Waals surface area contributed by atoms with E-state index in [2.05, 4.69) is 0 Å². The van der Waals surface area contributed by atoms with Crippen LogP contribution < -0.4 is 10.6 Å². The molecule has 1 fully saturated rings. The van der Waals surface area contributed by atoms with Crippen LogP contribution in [0.1, 0.15) is 45.4 Å². The topological polar surface area (TPSA) is 46.3 Å². The fourth-order valence-corrected chi connectivity index (χ4v) is 2.98. The highest BCUT2D eigenvalue weighted by Crippen LogP contribution is 2.29. The van der Waals surface area contributed by atoms with Crippen LogP contribution in [0.2, 0.25) is 0 Å². The normalized spacial score (nSPS) is 15.6. The molecule has 1 aromatic rings. The molecule has 0 atom stereocenters. The number of carbonyl (C=O) groups excluding carboxylic acids is 1. The van der Waals surface area contributed by atoms with Gasteiger partial charge in [-0.25, -0.2) is 0 Å². The van der Waals surface area contributed by atoms with Gasteiger partial charge < -0.3 is 10.6 Å². The van der Waals surface area contributed by atoms with E-state index in [9.17, 15) is 4.79 Å². The Balaban J connectivity index is 1.96. The van der Waals surface area contributed by atoms with Crippen molar-refractivity contribution in [3.63, 3.8) is 0 Å². The van der Waals surface area contributed by atoms with Crippen LogP contribution in [-0.2, 0) is 4.79 Å². The fourth-order valence-electron chi connectivity index (χ4n) is 2.98. The second kappa shape index (κ2) is 6.60. The second-order valence-electron chi connectivity index (χ2n) is 5.39. The number of anilines is 2. The zero-order valence-corrected chi connectivity index (χ0v) is 11.8. The molecule has 1 aliphatic rings. The molecule has 0 radical (unpaired) electrons. The van der Waals surface area contributed by atoms with Crippen molar-refractivity contribution < 1.29 is 4.79 Å². The number of carbonyl (C=O) groups is 1. The lowest BCUT2D eigenvalue weighted by Gasteiger charge is -2.23. The van der Waals surface area contributed by atoms with Crippen LogP contribution in [0.5, 0.6) is 0 Å². The molecule has 19 heavy (non-hydrogen) atoms. The highest BCUT2D eigenvalue weighted by molar-refractivity contribution is 5.96. The summed E-state index contributed by atoms with van der Waals surface area (Å²) >= 11 is 0. The average molecular weight is 260 g/mol. The van der Waals surface area contributed by atoms with Gasteiger partial charge >= 0.3 is 0 Å². The Hall–Kier alpha value is -1.51. The first-order valence-electron chi connectivity index (χ1n) is 7.37. The van der Waals surface area contributed by atoms with E-state index < -0.39 is 0 Å². The lowest BCUT2D eigenvalue weighted by Crippen LogP contribution is -2.31. The first-order chi connectivity index (χ1) is 9.22. The third kappa shape index (κ3) is 3.49. The van der Waals surface area contributed by atoms with Gasteiger partial charge in [0.05, 0.1) is 11.4 Å². The Kier molecular flexibility index (Phi) is 4.83. The number of nitrogens with two attached hydrogens (primary N) is 1. The number of hydrogen-bond acceptors (Lipinski definition) is 2. The minimum absolute atomic E-state index is 0.201. The Morgan fingerprint density at radius 1 is 1.32 bits per heavy atom. The highest BCUT2D eigenvalue weighted by atomic mass is 16.2. The Bertz CT molecular complexity index is 425. The van der Waals surface area contributed by atoms with Gasteiger partial charge in [-0.15, -0.1) is 0 Å². The zero-order chi connectivity index (χ0) is 13.7. The van der Waals surface area contributed by atoms with Crippen LogP contribution in [0.4, 0.5) is 11.4 Å². The molecule has 1 amide bonds. The summed E-state index contributed by atoms with van der Waals surface area (Å²) in [4.78, 5) is 14.2. The van der Waals surface area contributed by atoms with Gasteiger partial charge in [0.25, 0.3) is 0 Å². The third-order valence-corrected chi connectivity index (χ3v) is 4.09. The summed E-state index contributed by atoms with van der Waals surface area (Å²) in [6.07, 6.45) is 6.94.